The fourth-order valence-corrected chi connectivity index (χ4v) is 3.92. The molecule has 0 aliphatic carbocycles. The normalized spacial score (nSPS) is 21.5. The summed E-state index contributed by atoms with van der Waals surface area (Å²) >= 11 is 0. The first kappa shape index (κ1) is 16.9. The van der Waals surface area contributed by atoms with Crippen molar-refractivity contribution in [2.24, 2.45) is 5.73 Å². The van der Waals surface area contributed by atoms with Gasteiger partial charge in [-0.2, -0.15) is 0 Å². The highest BCUT2D eigenvalue weighted by atomic mass is 15.3. The molecule has 19 heavy (non-hydrogen) atoms. The molecule has 1 rings (SSSR count). The quantitative estimate of drug-likeness (QED) is 0.698. The molecule has 1 fully saturated rings. The van der Waals surface area contributed by atoms with Gasteiger partial charge in [0.15, 0.2) is 0 Å². The van der Waals surface area contributed by atoms with Gasteiger partial charge in [0, 0.05) is 31.2 Å². The van der Waals surface area contributed by atoms with Crippen molar-refractivity contribution in [3.63, 3.8) is 0 Å². The summed E-state index contributed by atoms with van der Waals surface area (Å²) in [6.07, 6.45) is 6.30. The van der Waals surface area contributed by atoms with Crippen molar-refractivity contribution < 1.29 is 0 Å². The Kier molecular flexibility index (Phi) is 7.33. The predicted octanol–water partition coefficient (Wildman–Crippen LogP) is 2.70. The molecule has 1 aliphatic heterocycles. The van der Waals surface area contributed by atoms with Gasteiger partial charge in [-0.1, -0.05) is 40.5 Å². The van der Waals surface area contributed by atoms with Crippen LogP contribution in [0.5, 0.6) is 0 Å². The van der Waals surface area contributed by atoms with Gasteiger partial charge in [0.1, 0.15) is 0 Å². The Morgan fingerprint density at radius 1 is 1.11 bits per heavy atom. The van der Waals surface area contributed by atoms with Crippen LogP contribution in [0, 0.1) is 0 Å². The molecule has 0 bridgehead atoms. The van der Waals surface area contributed by atoms with Gasteiger partial charge in [-0.05, 0) is 32.4 Å². The fourth-order valence-electron chi connectivity index (χ4n) is 3.92. The maximum Gasteiger partial charge on any atom is 0.0332 e. The number of likely N-dealkylation sites (tertiary alicyclic amines) is 1. The van der Waals surface area contributed by atoms with Gasteiger partial charge < -0.3 is 5.73 Å². The summed E-state index contributed by atoms with van der Waals surface area (Å²) in [6.45, 7) is 14.8. The monoisotopic (exact) mass is 269 g/mol. The second kappa shape index (κ2) is 8.23. The summed E-state index contributed by atoms with van der Waals surface area (Å²) in [6, 6.07) is 0.745. The molecule has 0 amide bonds. The number of likely N-dealkylation sites (N-methyl/N-ethyl adjacent to an activating group) is 1. The van der Waals surface area contributed by atoms with E-state index in [2.05, 4.69) is 37.5 Å². The van der Waals surface area contributed by atoms with Gasteiger partial charge >= 0.3 is 0 Å². The van der Waals surface area contributed by atoms with Crippen LogP contribution in [0.2, 0.25) is 0 Å². The van der Waals surface area contributed by atoms with E-state index in [-0.39, 0.29) is 5.54 Å². The molecule has 3 heteroatoms. The van der Waals surface area contributed by atoms with Crippen LogP contribution in [0.3, 0.4) is 0 Å². The summed E-state index contributed by atoms with van der Waals surface area (Å²) < 4.78 is 0. The van der Waals surface area contributed by atoms with Gasteiger partial charge in [0.25, 0.3) is 0 Å². The maximum absolute atomic E-state index is 6.19. The zero-order valence-electron chi connectivity index (χ0n) is 13.6. The van der Waals surface area contributed by atoms with Gasteiger partial charge in [-0.15, -0.1) is 0 Å². The van der Waals surface area contributed by atoms with Gasteiger partial charge in [0.2, 0.25) is 0 Å². The topological polar surface area (TPSA) is 32.5 Å². The highest BCUT2D eigenvalue weighted by Crippen LogP contribution is 2.31. The maximum atomic E-state index is 6.19. The number of hydrogen-bond donors (Lipinski definition) is 1. The average Bonchev–Trinajstić information content (AvgIpc) is 2.90. The lowest BCUT2D eigenvalue weighted by molar-refractivity contribution is 0.0890. The van der Waals surface area contributed by atoms with E-state index in [4.69, 9.17) is 5.73 Å². The van der Waals surface area contributed by atoms with Crippen molar-refractivity contribution in [3.8, 4) is 0 Å². The highest BCUT2D eigenvalue weighted by molar-refractivity contribution is 4.97. The molecule has 114 valence electrons. The third-order valence-corrected chi connectivity index (χ3v) is 4.97. The largest absolute Gasteiger partial charge is 0.329 e. The van der Waals surface area contributed by atoms with Crippen LogP contribution in [-0.2, 0) is 0 Å². The van der Waals surface area contributed by atoms with E-state index in [0.717, 1.165) is 12.6 Å². The molecule has 0 aromatic carbocycles. The van der Waals surface area contributed by atoms with Gasteiger partial charge in [-0.25, -0.2) is 0 Å². The molecule has 3 nitrogen and oxygen atoms in total. The summed E-state index contributed by atoms with van der Waals surface area (Å²) in [5, 5.41) is 0. The van der Waals surface area contributed by atoms with Gasteiger partial charge in [-0.3, -0.25) is 9.80 Å². The summed E-state index contributed by atoms with van der Waals surface area (Å²) in [7, 11) is 0. The SMILES string of the molecule is CCCC(CN)(CCC)N1CCC(N(CC)CC)C1. The minimum Gasteiger partial charge on any atom is -0.329 e. The third-order valence-electron chi connectivity index (χ3n) is 4.97. The van der Waals surface area contributed by atoms with E-state index < -0.39 is 0 Å². The molecular formula is C16H35N3. The molecule has 1 atom stereocenters. The van der Waals surface area contributed by atoms with E-state index in [1.807, 2.05) is 0 Å². The molecule has 1 saturated heterocycles. The van der Waals surface area contributed by atoms with Crippen molar-refractivity contribution in [1.29, 1.82) is 0 Å². The first-order valence-corrected chi connectivity index (χ1v) is 8.36. The molecule has 1 aliphatic rings. The summed E-state index contributed by atoms with van der Waals surface area (Å²) in [4.78, 5) is 5.32. The first-order chi connectivity index (χ1) is 9.17. The first-order valence-electron chi connectivity index (χ1n) is 8.36. The molecule has 0 aromatic rings. The zero-order chi connectivity index (χ0) is 14.3. The van der Waals surface area contributed by atoms with Gasteiger partial charge in [0.05, 0.1) is 0 Å². The summed E-state index contributed by atoms with van der Waals surface area (Å²) in [5.41, 5.74) is 6.46. The van der Waals surface area contributed by atoms with Crippen LogP contribution in [0.15, 0.2) is 0 Å². The smallest absolute Gasteiger partial charge is 0.0332 e. The van der Waals surface area contributed by atoms with E-state index in [0.29, 0.717) is 0 Å². The second-order valence-corrected chi connectivity index (χ2v) is 6.04. The van der Waals surface area contributed by atoms with Crippen molar-refractivity contribution >= 4 is 0 Å². The van der Waals surface area contributed by atoms with Crippen LogP contribution in [0.4, 0.5) is 0 Å². The molecule has 0 aromatic heterocycles. The van der Waals surface area contributed by atoms with E-state index >= 15 is 0 Å². The Balaban J connectivity index is 2.72. The Labute approximate surface area is 120 Å². The molecule has 2 N–H and O–H groups in total. The van der Waals surface area contributed by atoms with Crippen LogP contribution in [0.25, 0.3) is 0 Å². The molecular weight excluding hydrogens is 234 g/mol. The van der Waals surface area contributed by atoms with Crippen LogP contribution in [-0.4, -0.2) is 54.1 Å². The standard InChI is InChI=1S/C16H35N3/c1-5-10-16(14-17,11-6-2)19-12-9-15(13-19)18(7-3)8-4/h15H,5-14,17H2,1-4H3. The lowest BCUT2D eigenvalue weighted by Crippen LogP contribution is -2.53. The number of nitrogens with two attached hydrogens (primary N) is 1. The fraction of sp³-hybridized carbons (Fsp3) is 1.00. The lowest BCUT2D eigenvalue weighted by Gasteiger charge is -2.42. The number of hydrogen-bond acceptors (Lipinski definition) is 3. The van der Waals surface area contributed by atoms with Crippen molar-refractivity contribution in [2.75, 3.05) is 32.7 Å². The number of nitrogens with zero attached hydrogens (tertiary/aromatic N) is 2. The molecule has 0 radical (unpaired) electrons. The predicted molar refractivity (Wildman–Crippen MR) is 84.5 cm³/mol. The van der Waals surface area contributed by atoms with E-state index in [9.17, 15) is 0 Å². The second-order valence-electron chi connectivity index (χ2n) is 6.04. The highest BCUT2D eigenvalue weighted by Gasteiger charge is 2.39. The Morgan fingerprint density at radius 2 is 1.68 bits per heavy atom. The van der Waals surface area contributed by atoms with E-state index in [1.165, 1.54) is 58.3 Å². The molecule has 0 spiro atoms. The van der Waals surface area contributed by atoms with Crippen LogP contribution < -0.4 is 5.73 Å². The Bertz CT molecular complexity index is 232. The average molecular weight is 269 g/mol. The van der Waals surface area contributed by atoms with E-state index in [1.54, 1.807) is 0 Å². The van der Waals surface area contributed by atoms with Crippen LogP contribution >= 0.6 is 0 Å². The minimum absolute atomic E-state index is 0.269. The molecule has 1 heterocycles. The third kappa shape index (κ3) is 3.93. The minimum atomic E-state index is 0.269. The van der Waals surface area contributed by atoms with Crippen molar-refractivity contribution in [2.45, 2.75) is 71.4 Å². The van der Waals surface area contributed by atoms with Crippen LogP contribution in [0.1, 0.15) is 59.8 Å². The summed E-state index contributed by atoms with van der Waals surface area (Å²) in [5.74, 6) is 0. The Hall–Kier alpha value is -0.120. The van der Waals surface area contributed by atoms with Crippen molar-refractivity contribution in [3.05, 3.63) is 0 Å². The molecule has 0 saturated carbocycles. The lowest BCUT2D eigenvalue weighted by atomic mass is 9.87. The van der Waals surface area contributed by atoms with Crippen molar-refractivity contribution in [1.82, 2.24) is 9.80 Å². The molecule has 1 unspecified atom stereocenters. The number of rotatable bonds is 9. The Morgan fingerprint density at radius 3 is 2.11 bits per heavy atom. The zero-order valence-corrected chi connectivity index (χ0v) is 13.6.